The predicted molar refractivity (Wildman–Crippen MR) is 83.1 cm³/mol. The van der Waals surface area contributed by atoms with Crippen molar-refractivity contribution in [3.05, 3.63) is 21.0 Å². The topological polar surface area (TPSA) is 59.0 Å². The molecule has 0 bridgehead atoms. The summed E-state index contributed by atoms with van der Waals surface area (Å²) >= 11 is 3.39. The zero-order chi connectivity index (χ0) is 13.9. The Morgan fingerprint density at radius 2 is 2.10 bits per heavy atom. The molecule has 0 aromatic carbocycles. The molecule has 0 radical (unpaired) electrons. The van der Waals surface area contributed by atoms with Crippen molar-refractivity contribution in [3.63, 3.8) is 0 Å². The van der Waals surface area contributed by atoms with Gasteiger partial charge in [0.1, 0.15) is 4.47 Å². The van der Waals surface area contributed by atoms with Crippen LogP contribution in [-0.2, 0) is 6.54 Å². The lowest BCUT2D eigenvalue weighted by Gasteiger charge is -2.10. The fourth-order valence-electron chi connectivity index (χ4n) is 2.17. The molecule has 3 rings (SSSR count). The van der Waals surface area contributed by atoms with E-state index >= 15 is 0 Å². The van der Waals surface area contributed by atoms with Crippen molar-refractivity contribution in [2.75, 3.05) is 18.4 Å². The zero-order valence-electron chi connectivity index (χ0n) is 11.6. The fraction of sp³-hybridized carbons (Fsp3) is 0.714. The molecule has 1 aromatic rings. The van der Waals surface area contributed by atoms with Gasteiger partial charge in [-0.2, -0.15) is 5.10 Å². The van der Waals surface area contributed by atoms with Crippen molar-refractivity contribution >= 4 is 21.6 Å². The van der Waals surface area contributed by atoms with E-state index in [0.29, 0.717) is 10.4 Å². The van der Waals surface area contributed by atoms with Crippen LogP contribution in [0, 0.1) is 5.92 Å². The van der Waals surface area contributed by atoms with Crippen molar-refractivity contribution in [1.29, 1.82) is 0 Å². The monoisotopic (exact) mass is 340 g/mol. The van der Waals surface area contributed by atoms with E-state index in [-0.39, 0.29) is 5.56 Å². The van der Waals surface area contributed by atoms with Gasteiger partial charge in [-0.25, -0.2) is 4.68 Å². The van der Waals surface area contributed by atoms with E-state index < -0.39 is 0 Å². The summed E-state index contributed by atoms with van der Waals surface area (Å²) in [6.45, 7) is 2.64. The van der Waals surface area contributed by atoms with E-state index in [9.17, 15) is 4.79 Å². The van der Waals surface area contributed by atoms with Gasteiger partial charge < -0.3 is 10.6 Å². The van der Waals surface area contributed by atoms with Gasteiger partial charge in [0, 0.05) is 19.1 Å². The van der Waals surface area contributed by atoms with E-state index in [0.717, 1.165) is 37.8 Å². The summed E-state index contributed by atoms with van der Waals surface area (Å²) in [5, 5.41) is 11.0. The van der Waals surface area contributed by atoms with Crippen LogP contribution in [0.5, 0.6) is 0 Å². The summed E-state index contributed by atoms with van der Waals surface area (Å²) in [4.78, 5) is 12.1. The summed E-state index contributed by atoms with van der Waals surface area (Å²) in [6.07, 6.45) is 7.89. The molecule has 2 fully saturated rings. The number of hydrogen-bond acceptors (Lipinski definition) is 4. The maximum absolute atomic E-state index is 12.1. The Labute approximate surface area is 127 Å². The molecule has 1 aromatic heterocycles. The maximum Gasteiger partial charge on any atom is 0.283 e. The predicted octanol–water partition coefficient (Wildman–Crippen LogP) is 1.97. The molecule has 0 saturated heterocycles. The molecule has 0 unspecified atom stereocenters. The number of nitrogens with one attached hydrogen (secondary N) is 2. The number of aromatic nitrogens is 2. The van der Waals surface area contributed by atoms with Crippen molar-refractivity contribution in [3.8, 4) is 0 Å². The lowest BCUT2D eigenvalue weighted by atomic mass is 10.3. The van der Waals surface area contributed by atoms with Gasteiger partial charge in [0.2, 0.25) is 0 Å². The third-order valence-electron chi connectivity index (χ3n) is 3.79. The third kappa shape index (κ3) is 3.82. The molecule has 2 N–H and O–H groups in total. The van der Waals surface area contributed by atoms with Gasteiger partial charge in [0.05, 0.1) is 11.9 Å². The minimum atomic E-state index is -0.0296. The van der Waals surface area contributed by atoms with Gasteiger partial charge in [-0.3, -0.25) is 4.79 Å². The number of halogens is 1. The Bertz CT molecular complexity index is 522. The van der Waals surface area contributed by atoms with E-state index in [2.05, 4.69) is 31.7 Å². The summed E-state index contributed by atoms with van der Waals surface area (Å²) in [5.41, 5.74) is 0.770. The quantitative estimate of drug-likeness (QED) is 0.710. The Morgan fingerprint density at radius 1 is 1.30 bits per heavy atom. The average Bonchev–Trinajstić information content (AvgIpc) is 3.32. The van der Waals surface area contributed by atoms with Gasteiger partial charge in [-0.05, 0) is 60.5 Å². The van der Waals surface area contributed by atoms with Gasteiger partial charge in [0.15, 0.2) is 0 Å². The first-order valence-corrected chi connectivity index (χ1v) is 8.26. The Kier molecular flexibility index (Phi) is 4.41. The number of anilines is 1. The van der Waals surface area contributed by atoms with Crippen LogP contribution in [0.2, 0.25) is 0 Å². The summed E-state index contributed by atoms with van der Waals surface area (Å²) in [7, 11) is 0. The van der Waals surface area contributed by atoms with E-state index in [4.69, 9.17) is 0 Å². The van der Waals surface area contributed by atoms with Gasteiger partial charge in [0.25, 0.3) is 5.56 Å². The molecule has 2 saturated carbocycles. The minimum absolute atomic E-state index is 0.0296. The first-order valence-electron chi connectivity index (χ1n) is 7.47. The SMILES string of the molecule is O=c1c(Br)c(NCCCNC2CC2)cnn1CC1CC1. The van der Waals surface area contributed by atoms with E-state index in [1.807, 2.05) is 0 Å². The summed E-state index contributed by atoms with van der Waals surface area (Å²) in [6, 6.07) is 0.759. The summed E-state index contributed by atoms with van der Waals surface area (Å²) < 4.78 is 2.17. The summed E-state index contributed by atoms with van der Waals surface area (Å²) in [5.74, 6) is 0.652. The van der Waals surface area contributed by atoms with Crippen LogP contribution in [0.15, 0.2) is 15.5 Å². The molecule has 0 spiro atoms. The number of hydrogen-bond donors (Lipinski definition) is 2. The van der Waals surface area contributed by atoms with Crippen molar-refractivity contribution in [2.45, 2.75) is 44.7 Å². The lowest BCUT2D eigenvalue weighted by Crippen LogP contribution is -2.26. The molecular weight excluding hydrogens is 320 g/mol. The van der Waals surface area contributed by atoms with Crippen LogP contribution in [0.1, 0.15) is 32.1 Å². The van der Waals surface area contributed by atoms with Crippen LogP contribution in [0.25, 0.3) is 0 Å². The van der Waals surface area contributed by atoms with Crippen LogP contribution in [-0.4, -0.2) is 28.9 Å². The number of nitrogens with zero attached hydrogens (tertiary/aromatic N) is 2. The highest BCUT2D eigenvalue weighted by molar-refractivity contribution is 9.10. The molecule has 6 heteroatoms. The number of rotatable bonds is 8. The Hall–Kier alpha value is -0.880. The molecule has 2 aliphatic carbocycles. The second-order valence-corrected chi connectivity index (χ2v) is 6.60. The Balaban J connectivity index is 1.50. The standard InChI is InChI=1S/C14H21BrN4O/c15-13-12(17-7-1-6-16-11-4-5-11)8-18-19(14(13)20)9-10-2-3-10/h8,10-11,16-17H,1-7,9H2. The molecule has 0 aliphatic heterocycles. The largest absolute Gasteiger partial charge is 0.383 e. The van der Waals surface area contributed by atoms with Crippen molar-refractivity contribution < 1.29 is 0 Å². The van der Waals surface area contributed by atoms with Crippen LogP contribution < -0.4 is 16.2 Å². The van der Waals surface area contributed by atoms with Gasteiger partial charge >= 0.3 is 0 Å². The highest BCUT2D eigenvalue weighted by atomic mass is 79.9. The van der Waals surface area contributed by atoms with Crippen molar-refractivity contribution in [1.82, 2.24) is 15.1 Å². The second kappa shape index (κ2) is 6.26. The molecule has 1 heterocycles. The first-order chi connectivity index (χ1) is 9.74. The first kappa shape index (κ1) is 14.1. The Morgan fingerprint density at radius 3 is 2.80 bits per heavy atom. The maximum atomic E-state index is 12.1. The van der Waals surface area contributed by atoms with Gasteiger partial charge in [-0.15, -0.1) is 0 Å². The zero-order valence-corrected chi connectivity index (χ0v) is 13.2. The van der Waals surface area contributed by atoms with E-state index in [1.165, 1.54) is 25.7 Å². The fourth-order valence-corrected chi connectivity index (χ4v) is 2.62. The molecule has 0 amide bonds. The molecule has 0 atom stereocenters. The smallest absolute Gasteiger partial charge is 0.283 e. The van der Waals surface area contributed by atoms with Crippen molar-refractivity contribution in [2.24, 2.45) is 5.92 Å². The van der Waals surface area contributed by atoms with Crippen LogP contribution in [0.3, 0.4) is 0 Å². The molecule has 110 valence electrons. The molecule has 2 aliphatic rings. The normalized spacial score (nSPS) is 18.2. The highest BCUT2D eigenvalue weighted by Crippen LogP contribution is 2.30. The second-order valence-electron chi connectivity index (χ2n) is 5.81. The molecule has 20 heavy (non-hydrogen) atoms. The third-order valence-corrected chi connectivity index (χ3v) is 4.56. The minimum Gasteiger partial charge on any atom is -0.383 e. The molecular formula is C14H21BrN4O. The van der Waals surface area contributed by atoms with Gasteiger partial charge in [-0.1, -0.05) is 0 Å². The van der Waals surface area contributed by atoms with E-state index in [1.54, 1.807) is 10.9 Å². The van der Waals surface area contributed by atoms with Crippen LogP contribution in [0.4, 0.5) is 5.69 Å². The lowest BCUT2D eigenvalue weighted by molar-refractivity contribution is 0.531. The molecule has 5 nitrogen and oxygen atoms in total. The highest BCUT2D eigenvalue weighted by Gasteiger charge is 2.23. The average molecular weight is 341 g/mol. The van der Waals surface area contributed by atoms with Crippen LogP contribution >= 0.6 is 15.9 Å².